The van der Waals surface area contributed by atoms with Crippen LogP contribution in [0.4, 0.5) is 10.8 Å². The lowest BCUT2D eigenvalue weighted by Crippen LogP contribution is -2.15. The van der Waals surface area contributed by atoms with Gasteiger partial charge in [0.25, 0.3) is 0 Å². The van der Waals surface area contributed by atoms with Gasteiger partial charge in [0.05, 0.1) is 17.2 Å². The number of nitrogens with zero attached hydrogens (tertiary/aromatic N) is 2. The first-order valence-electron chi connectivity index (χ1n) is 7.13. The summed E-state index contributed by atoms with van der Waals surface area (Å²) in [7, 11) is 0. The molecule has 3 nitrogen and oxygen atoms in total. The number of hydrogen-bond donors (Lipinski definition) is 1. The molecule has 0 aliphatic rings. The molecule has 1 N–H and O–H groups in total. The van der Waals surface area contributed by atoms with Gasteiger partial charge in [-0.15, -0.1) is 0 Å². The third-order valence-corrected chi connectivity index (χ3v) is 4.36. The Labute approximate surface area is 124 Å². The fraction of sp³-hybridized carbons (Fsp3) is 0.438. The predicted octanol–water partition coefficient (Wildman–Crippen LogP) is 4.05. The third kappa shape index (κ3) is 3.19. The fourth-order valence-corrected chi connectivity index (χ4v) is 3.32. The van der Waals surface area contributed by atoms with E-state index in [2.05, 4.69) is 49.9 Å². The first-order chi connectivity index (χ1) is 9.69. The Morgan fingerprint density at radius 2 is 2.10 bits per heavy atom. The average molecular weight is 290 g/mol. The van der Waals surface area contributed by atoms with Gasteiger partial charge in [-0.25, -0.2) is 4.98 Å². The van der Waals surface area contributed by atoms with Gasteiger partial charge in [-0.1, -0.05) is 36.8 Å². The zero-order chi connectivity index (χ0) is 14.5. The molecule has 0 bridgehead atoms. The summed E-state index contributed by atoms with van der Waals surface area (Å²) < 4.78 is 0. The van der Waals surface area contributed by atoms with Crippen LogP contribution in [-0.4, -0.2) is 16.6 Å². The number of aliphatic hydroxyl groups excluding tert-OH is 1. The van der Waals surface area contributed by atoms with Crippen molar-refractivity contribution in [1.29, 1.82) is 0 Å². The quantitative estimate of drug-likeness (QED) is 0.871. The van der Waals surface area contributed by atoms with Crippen molar-refractivity contribution in [3.8, 4) is 0 Å². The van der Waals surface area contributed by atoms with Crippen LogP contribution >= 0.6 is 11.3 Å². The summed E-state index contributed by atoms with van der Waals surface area (Å²) in [6, 6.07) is 8.45. The molecule has 4 heteroatoms. The molecule has 0 saturated heterocycles. The van der Waals surface area contributed by atoms with Crippen molar-refractivity contribution < 1.29 is 5.11 Å². The number of aromatic nitrogens is 1. The highest BCUT2D eigenvalue weighted by atomic mass is 32.1. The van der Waals surface area contributed by atoms with E-state index in [-0.39, 0.29) is 6.61 Å². The molecule has 0 spiro atoms. The monoisotopic (exact) mass is 290 g/mol. The maximum atomic E-state index is 9.48. The van der Waals surface area contributed by atoms with Crippen molar-refractivity contribution in [2.75, 3.05) is 11.4 Å². The van der Waals surface area contributed by atoms with Gasteiger partial charge in [0.1, 0.15) is 0 Å². The molecule has 0 fully saturated rings. The Morgan fingerprint density at radius 3 is 2.70 bits per heavy atom. The van der Waals surface area contributed by atoms with Crippen LogP contribution in [-0.2, 0) is 13.0 Å². The first-order valence-corrected chi connectivity index (χ1v) is 7.94. The molecule has 1 aromatic heterocycles. The molecule has 1 heterocycles. The van der Waals surface area contributed by atoms with E-state index in [1.54, 1.807) is 11.3 Å². The summed E-state index contributed by atoms with van der Waals surface area (Å²) in [4.78, 5) is 7.93. The van der Waals surface area contributed by atoms with Crippen LogP contribution in [0.5, 0.6) is 0 Å². The summed E-state index contributed by atoms with van der Waals surface area (Å²) in [6.07, 6.45) is 1.98. The standard InChI is InChI=1S/C16H22N2OS/c1-4-7-14-15(11-19)20-16(17-14)18(5-2)13-9-6-8-12(3)10-13/h6,8-10,19H,4-5,7,11H2,1-3H3. The SMILES string of the molecule is CCCc1nc(N(CC)c2cccc(C)c2)sc1CO. The van der Waals surface area contributed by atoms with E-state index in [0.717, 1.165) is 40.8 Å². The van der Waals surface area contributed by atoms with Crippen molar-refractivity contribution in [3.05, 3.63) is 40.4 Å². The summed E-state index contributed by atoms with van der Waals surface area (Å²) in [5.41, 5.74) is 3.45. The normalized spacial score (nSPS) is 10.8. The van der Waals surface area contributed by atoms with Crippen molar-refractivity contribution in [2.45, 2.75) is 40.2 Å². The highest BCUT2D eigenvalue weighted by molar-refractivity contribution is 7.15. The number of thiazole rings is 1. The molecule has 0 saturated carbocycles. The molecule has 20 heavy (non-hydrogen) atoms. The second-order valence-electron chi connectivity index (χ2n) is 4.86. The third-order valence-electron chi connectivity index (χ3n) is 3.26. The molecule has 0 atom stereocenters. The Morgan fingerprint density at radius 1 is 1.30 bits per heavy atom. The number of hydrogen-bond acceptors (Lipinski definition) is 4. The second-order valence-corrected chi connectivity index (χ2v) is 5.92. The van der Waals surface area contributed by atoms with Gasteiger partial charge in [-0.2, -0.15) is 0 Å². The van der Waals surface area contributed by atoms with Crippen molar-refractivity contribution in [1.82, 2.24) is 4.98 Å². The molecule has 2 aromatic rings. The highest BCUT2D eigenvalue weighted by Crippen LogP contribution is 2.32. The molecule has 0 amide bonds. The van der Waals surface area contributed by atoms with Crippen molar-refractivity contribution in [3.63, 3.8) is 0 Å². The molecule has 0 aliphatic heterocycles. The summed E-state index contributed by atoms with van der Waals surface area (Å²) in [5, 5.41) is 10.5. The minimum Gasteiger partial charge on any atom is -0.391 e. The van der Waals surface area contributed by atoms with E-state index in [1.165, 1.54) is 5.56 Å². The fourth-order valence-electron chi connectivity index (χ4n) is 2.26. The van der Waals surface area contributed by atoms with Gasteiger partial charge in [0, 0.05) is 12.2 Å². The van der Waals surface area contributed by atoms with Gasteiger partial charge in [0.15, 0.2) is 5.13 Å². The van der Waals surface area contributed by atoms with Gasteiger partial charge in [-0.3, -0.25) is 0 Å². The maximum Gasteiger partial charge on any atom is 0.190 e. The molecular formula is C16H22N2OS. The van der Waals surface area contributed by atoms with E-state index < -0.39 is 0 Å². The summed E-state index contributed by atoms with van der Waals surface area (Å²) in [5.74, 6) is 0. The summed E-state index contributed by atoms with van der Waals surface area (Å²) in [6.45, 7) is 7.31. The van der Waals surface area contributed by atoms with Crippen LogP contribution < -0.4 is 4.90 Å². The summed E-state index contributed by atoms with van der Waals surface area (Å²) >= 11 is 1.60. The van der Waals surface area contributed by atoms with Gasteiger partial charge < -0.3 is 10.0 Å². The number of aryl methyl sites for hydroxylation is 2. The van der Waals surface area contributed by atoms with E-state index in [9.17, 15) is 5.11 Å². The van der Waals surface area contributed by atoms with Gasteiger partial charge in [0.2, 0.25) is 0 Å². The predicted molar refractivity (Wildman–Crippen MR) is 85.9 cm³/mol. The number of benzene rings is 1. The second kappa shape index (κ2) is 6.86. The van der Waals surface area contributed by atoms with Crippen LogP contribution in [0.2, 0.25) is 0 Å². The average Bonchev–Trinajstić information content (AvgIpc) is 2.83. The molecule has 0 unspecified atom stereocenters. The minimum atomic E-state index is 0.0817. The molecule has 0 aliphatic carbocycles. The first kappa shape index (κ1) is 15.0. The maximum absolute atomic E-state index is 9.48. The molecule has 108 valence electrons. The van der Waals surface area contributed by atoms with Crippen LogP contribution in [0.25, 0.3) is 0 Å². The van der Waals surface area contributed by atoms with E-state index in [0.29, 0.717) is 0 Å². The molecular weight excluding hydrogens is 268 g/mol. The highest BCUT2D eigenvalue weighted by Gasteiger charge is 2.15. The molecule has 0 radical (unpaired) electrons. The lowest BCUT2D eigenvalue weighted by atomic mass is 10.2. The van der Waals surface area contributed by atoms with Gasteiger partial charge >= 0.3 is 0 Å². The number of anilines is 2. The zero-order valence-electron chi connectivity index (χ0n) is 12.4. The Kier molecular flexibility index (Phi) is 5.15. The Balaban J connectivity index is 2.36. The van der Waals surface area contributed by atoms with Crippen LogP contribution in [0, 0.1) is 6.92 Å². The van der Waals surface area contributed by atoms with Crippen LogP contribution in [0.15, 0.2) is 24.3 Å². The molecule has 2 rings (SSSR count). The number of rotatable bonds is 6. The van der Waals surface area contributed by atoms with Crippen molar-refractivity contribution >= 4 is 22.2 Å². The Hall–Kier alpha value is -1.39. The largest absolute Gasteiger partial charge is 0.391 e. The van der Waals surface area contributed by atoms with Crippen LogP contribution in [0.3, 0.4) is 0 Å². The topological polar surface area (TPSA) is 36.4 Å². The lowest BCUT2D eigenvalue weighted by Gasteiger charge is -2.20. The van der Waals surface area contributed by atoms with Gasteiger partial charge in [-0.05, 0) is 38.0 Å². The number of aliphatic hydroxyl groups is 1. The van der Waals surface area contributed by atoms with Crippen LogP contribution in [0.1, 0.15) is 36.4 Å². The molecule has 1 aromatic carbocycles. The minimum absolute atomic E-state index is 0.0817. The van der Waals surface area contributed by atoms with E-state index >= 15 is 0 Å². The smallest absolute Gasteiger partial charge is 0.190 e. The lowest BCUT2D eigenvalue weighted by molar-refractivity contribution is 0.284. The van der Waals surface area contributed by atoms with E-state index in [1.807, 2.05) is 0 Å². The van der Waals surface area contributed by atoms with E-state index in [4.69, 9.17) is 4.98 Å². The van der Waals surface area contributed by atoms with Crippen molar-refractivity contribution in [2.24, 2.45) is 0 Å². The zero-order valence-corrected chi connectivity index (χ0v) is 13.2. The Bertz CT molecular complexity index is 565.